The largest absolute Gasteiger partial charge is 0.489 e. The second-order valence-electron chi connectivity index (χ2n) is 11.7. The number of hydrogen-bond donors (Lipinski definition) is 0. The number of ether oxygens (including phenoxy) is 2. The van der Waals surface area contributed by atoms with Gasteiger partial charge in [0.05, 0.1) is 23.6 Å². The molecule has 2 aliphatic carbocycles. The first-order valence-corrected chi connectivity index (χ1v) is 17.7. The number of rotatable bonds is 9. The van der Waals surface area contributed by atoms with Gasteiger partial charge in [-0.25, -0.2) is 4.98 Å². The number of halogens is 1. The summed E-state index contributed by atoms with van der Waals surface area (Å²) in [7, 11) is -1.15. The van der Waals surface area contributed by atoms with Gasteiger partial charge in [-0.2, -0.15) is 0 Å². The maximum atomic E-state index is 13.2. The van der Waals surface area contributed by atoms with E-state index in [9.17, 15) is 4.79 Å². The number of carbonyl (C=O) groups excluding carboxylic acids is 1. The third-order valence-corrected chi connectivity index (χ3v) is 9.85. The minimum atomic E-state index is -1.15. The second kappa shape index (κ2) is 10.0. The Balaban J connectivity index is 1.50. The van der Waals surface area contributed by atoms with E-state index in [-0.39, 0.29) is 24.0 Å². The summed E-state index contributed by atoms with van der Waals surface area (Å²) < 4.78 is 15.7. The molecule has 6 nitrogen and oxygen atoms in total. The molecular weight excluding hydrogens is 522 g/mol. The van der Waals surface area contributed by atoms with E-state index in [2.05, 4.69) is 64.1 Å². The van der Waals surface area contributed by atoms with Crippen LogP contribution in [-0.2, 0) is 22.7 Å². The summed E-state index contributed by atoms with van der Waals surface area (Å²) in [6.07, 6.45) is 9.37. The van der Waals surface area contributed by atoms with Crippen molar-refractivity contribution in [2.45, 2.75) is 96.4 Å². The molecule has 1 aromatic heterocycles. The van der Waals surface area contributed by atoms with Gasteiger partial charge in [-0.1, -0.05) is 19.6 Å². The Labute approximate surface area is 218 Å². The first-order valence-electron chi connectivity index (χ1n) is 13.2. The van der Waals surface area contributed by atoms with Crippen molar-refractivity contribution in [3.63, 3.8) is 0 Å². The van der Waals surface area contributed by atoms with E-state index in [0.29, 0.717) is 6.73 Å². The summed E-state index contributed by atoms with van der Waals surface area (Å²) >= 11 is 3.68. The van der Waals surface area contributed by atoms with Crippen molar-refractivity contribution in [3.05, 3.63) is 28.5 Å². The zero-order chi connectivity index (χ0) is 24.7. The number of imidazole rings is 1. The predicted molar refractivity (Wildman–Crippen MR) is 146 cm³/mol. The maximum Gasteiger partial charge on any atom is 0.230 e. The summed E-state index contributed by atoms with van der Waals surface area (Å²) in [5.41, 5.74) is 3.18. The SMILES string of the molecule is CC1CCc2c(ccc(-c3ncc(Br)n3COCC[Si](C)(C)C)c2OC2CCC2)N1C(=O)C1CC1. The van der Waals surface area contributed by atoms with Gasteiger partial charge < -0.3 is 14.4 Å². The molecule has 2 fully saturated rings. The lowest BCUT2D eigenvalue weighted by molar-refractivity contribution is -0.120. The highest BCUT2D eigenvalue weighted by Gasteiger charge is 2.39. The summed E-state index contributed by atoms with van der Waals surface area (Å²) in [6.45, 7) is 10.5. The Bertz CT molecular complexity index is 1090. The lowest BCUT2D eigenvalue weighted by atomic mass is 9.91. The lowest BCUT2D eigenvalue weighted by Crippen LogP contribution is -2.43. The molecule has 8 heteroatoms. The van der Waals surface area contributed by atoms with E-state index in [1.165, 1.54) is 6.42 Å². The number of aromatic nitrogens is 2. The molecule has 2 aromatic rings. The van der Waals surface area contributed by atoms with Gasteiger partial charge in [0.1, 0.15) is 22.9 Å². The van der Waals surface area contributed by atoms with E-state index in [0.717, 1.165) is 84.2 Å². The van der Waals surface area contributed by atoms with Crippen molar-refractivity contribution < 1.29 is 14.3 Å². The topological polar surface area (TPSA) is 56.6 Å². The van der Waals surface area contributed by atoms with Crippen LogP contribution in [0.25, 0.3) is 11.4 Å². The molecule has 5 rings (SSSR count). The molecular formula is C27H38BrN3O3Si. The summed E-state index contributed by atoms with van der Waals surface area (Å²) in [5, 5.41) is 0. The van der Waals surface area contributed by atoms with Gasteiger partial charge >= 0.3 is 0 Å². The highest BCUT2D eigenvalue weighted by molar-refractivity contribution is 9.10. The monoisotopic (exact) mass is 559 g/mol. The Morgan fingerprint density at radius 3 is 2.60 bits per heavy atom. The van der Waals surface area contributed by atoms with E-state index in [1.807, 2.05) is 6.20 Å². The smallest absolute Gasteiger partial charge is 0.230 e. The lowest BCUT2D eigenvalue weighted by Gasteiger charge is -2.38. The van der Waals surface area contributed by atoms with Gasteiger partial charge in [0.25, 0.3) is 0 Å². The van der Waals surface area contributed by atoms with Crippen LogP contribution in [-0.4, -0.2) is 42.3 Å². The minimum absolute atomic E-state index is 0.197. The van der Waals surface area contributed by atoms with E-state index in [1.54, 1.807) is 0 Å². The molecule has 1 aromatic carbocycles. The number of amides is 1. The molecule has 2 heterocycles. The van der Waals surface area contributed by atoms with Crippen LogP contribution in [0.3, 0.4) is 0 Å². The summed E-state index contributed by atoms with van der Waals surface area (Å²) in [6, 6.07) is 5.57. The van der Waals surface area contributed by atoms with Crippen LogP contribution in [0, 0.1) is 5.92 Å². The molecule has 35 heavy (non-hydrogen) atoms. The molecule has 190 valence electrons. The van der Waals surface area contributed by atoms with Gasteiger partial charge in [-0.05, 0) is 86.0 Å². The van der Waals surface area contributed by atoms with Crippen LogP contribution >= 0.6 is 15.9 Å². The fourth-order valence-electron chi connectivity index (χ4n) is 4.86. The first kappa shape index (κ1) is 25.0. The van der Waals surface area contributed by atoms with E-state index < -0.39 is 8.07 Å². The third-order valence-electron chi connectivity index (χ3n) is 7.51. The molecule has 1 aliphatic heterocycles. The normalized spacial score (nSPS) is 20.5. The third kappa shape index (κ3) is 5.39. The molecule has 0 bridgehead atoms. The van der Waals surface area contributed by atoms with Crippen LogP contribution in [0.15, 0.2) is 22.9 Å². The van der Waals surface area contributed by atoms with Crippen LogP contribution in [0.1, 0.15) is 51.0 Å². The highest BCUT2D eigenvalue weighted by Crippen LogP contribution is 2.46. The second-order valence-corrected chi connectivity index (χ2v) is 18.1. The van der Waals surface area contributed by atoms with Crippen molar-refractivity contribution in [1.82, 2.24) is 9.55 Å². The number of carbonyl (C=O) groups is 1. The van der Waals surface area contributed by atoms with Crippen molar-refractivity contribution >= 4 is 35.6 Å². The number of nitrogens with zero attached hydrogens (tertiary/aromatic N) is 3. The van der Waals surface area contributed by atoms with Gasteiger partial charge in [0.2, 0.25) is 5.91 Å². The minimum Gasteiger partial charge on any atom is -0.489 e. The molecule has 3 aliphatic rings. The maximum absolute atomic E-state index is 13.2. The molecule has 0 spiro atoms. The van der Waals surface area contributed by atoms with Gasteiger partial charge in [-0.15, -0.1) is 0 Å². The summed E-state index contributed by atoms with van der Waals surface area (Å²) in [5.74, 6) is 2.23. The van der Waals surface area contributed by atoms with Crippen molar-refractivity contribution in [3.8, 4) is 17.1 Å². The number of anilines is 1. The zero-order valence-corrected chi connectivity index (χ0v) is 24.1. The molecule has 1 amide bonds. The molecule has 0 radical (unpaired) electrons. The number of hydrogen-bond acceptors (Lipinski definition) is 4. The van der Waals surface area contributed by atoms with E-state index in [4.69, 9.17) is 14.5 Å². The standard InChI is InChI=1S/C27H38BrN3O3Si/c1-18-8-11-21-23(31(18)27(32)19-9-10-19)13-12-22(25(21)34-20-6-5-7-20)26-29-16-24(28)30(26)17-33-14-15-35(2,3)4/h12-13,16,18-20H,5-11,14-15,17H2,1-4H3. The Morgan fingerprint density at radius 2 is 1.94 bits per heavy atom. The molecule has 2 saturated carbocycles. The quantitative estimate of drug-likeness (QED) is 0.255. The number of benzene rings is 1. The number of fused-ring (bicyclic) bond motifs is 1. The molecule has 1 atom stereocenters. The average molecular weight is 561 g/mol. The van der Waals surface area contributed by atoms with Crippen molar-refractivity contribution in [2.24, 2.45) is 5.92 Å². The van der Waals surface area contributed by atoms with Gasteiger partial charge in [0, 0.05) is 32.2 Å². The Kier molecular flexibility index (Phi) is 7.16. The van der Waals surface area contributed by atoms with Crippen LogP contribution in [0.5, 0.6) is 5.75 Å². The summed E-state index contributed by atoms with van der Waals surface area (Å²) in [4.78, 5) is 20.0. The van der Waals surface area contributed by atoms with Crippen LogP contribution in [0.2, 0.25) is 25.7 Å². The van der Waals surface area contributed by atoms with E-state index >= 15 is 0 Å². The first-order chi connectivity index (χ1) is 16.7. The molecule has 0 saturated heterocycles. The van der Waals surface area contributed by atoms with Crippen LogP contribution in [0.4, 0.5) is 5.69 Å². The van der Waals surface area contributed by atoms with Crippen molar-refractivity contribution in [1.29, 1.82) is 0 Å². The van der Waals surface area contributed by atoms with Crippen LogP contribution < -0.4 is 9.64 Å². The predicted octanol–water partition coefficient (Wildman–Crippen LogP) is 6.63. The van der Waals surface area contributed by atoms with Gasteiger partial charge in [-0.3, -0.25) is 9.36 Å². The zero-order valence-electron chi connectivity index (χ0n) is 21.5. The fourth-order valence-corrected chi connectivity index (χ4v) is 5.99. The van der Waals surface area contributed by atoms with Gasteiger partial charge in [0.15, 0.2) is 0 Å². The highest BCUT2D eigenvalue weighted by atomic mass is 79.9. The Morgan fingerprint density at radius 1 is 1.17 bits per heavy atom. The van der Waals surface area contributed by atoms with Crippen molar-refractivity contribution in [2.75, 3.05) is 11.5 Å². The average Bonchev–Trinajstić information content (AvgIpc) is 3.56. The molecule has 1 unspecified atom stereocenters. The molecule has 0 N–H and O–H groups in total. The fraction of sp³-hybridized carbons (Fsp3) is 0.630. The Hall–Kier alpha value is -1.64.